The molecule has 1 aliphatic heterocycles. The van der Waals surface area contributed by atoms with E-state index in [-0.39, 0.29) is 5.54 Å². The number of nitrogens with one attached hydrogen (secondary N) is 1. The Labute approximate surface area is 114 Å². The lowest BCUT2D eigenvalue weighted by atomic mass is 10.0. The smallest absolute Gasteiger partial charge is 0.0708 e. The first-order chi connectivity index (χ1) is 9.16. The molecule has 19 heavy (non-hydrogen) atoms. The van der Waals surface area contributed by atoms with Crippen molar-refractivity contribution in [1.29, 1.82) is 0 Å². The van der Waals surface area contributed by atoms with Gasteiger partial charge in [0.05, 0.1) is 12.1 Å². The summed E-state index contributed by atoms with van der Waals surface area (Å²) in [6, 6.07) is 10.5. The fourth-order valence-corrected chi connectivity index (χ4v) is 2.66. The average molecular weight is 256 g/mol. The number of ether oxygens (including phenoxy) is 1. The largest absolute Gasteiger partial charge is 0.379 e. The van der Waals surface area contributed by atoms with Gasteiger partial charge in [-0.15, -0.1) is 0 Å². The maximum Gasteiger partial charge on any atom is 0.0708 e. The molecule has 0 aliphatic carbocycles. The topological polar surface area (TPSA) is 34.1 Å². The number of hydrogen-bond donors (Lipinski definition) is 1. The van der Waals surface area contributed by atoms with Crippen molar-refractivity contribution in [3.63, 3.8) is 0 Å². The van der Waals surface area contributed by atoms with Crippen molar-refractivity contribution in [2.75, 3.05) is 13.2 Å². The van der Waals surface area contributed by atoms with Gasteiger partial charge in [0.2, 0.25) is 0 Å². The van der Waals surface area contributed by atoms with Crippen LogP contribution in [0.15, 0.2) is 30.3 Å². The van der Waals surface area contributed by atoms with E-state index < -0.39 is 0 Å². The zero-order chi connectivity index (χ0) is 13.3. The molecule has 0 spiro atoms. The monoisotopic (exact) mass is 256 g/mol. The van der Waals surface area contributed by atoms with Gasteiger partial charge in [0.15, 0.2) is 0 Å². The molecule has 1 saturated heterocycles. The Kier molecular flexibility index (Phi) is 3.25. The Morgan fingerprint density at radius 3 is 3.00 bits per heavy atom. The van der Waals surface area contributed by atoms with E-state index in [0.29, 0.717) is 0 Å². The van der Waals surface area contributed by atoms with E-state index in [4.69, 9.17) is 4.74 Å². The van der Waals surface area contributed by atoms with Gasteiger partial charge in [-0.3, -0.25) is 4.98 Å². The summed E-state index contributed by atoms with van der Waals surface area (Å²) in [7, 11) is 0. The summed E-state index contributed by atoms with van der Waals surface area (Å²) in [6.07, 6.45) is 1.08. The van der Waals surface area contributed by atoms with Crippen LogP contribution in [0.2, 0.25) is 0 Å². The van der Waals surface area contributed by atoms with Crippen LogP contribution >= 0.6 is 0 Å². The first-order valence-electron chi connectivity index (χ1n) is 6.84. The normalized spacial score (nSPS) is 23.1. The van der Waals surface area contributed by atoms with Gasteiger partial charge in [-0.2, -0.15) is 0 Å². The lowest BCUT2D eigenvalue weighted by Crippen LogP contribution is -2.42. The summed E-state index contributed by atoms with van der Waals surface area (Å²) in [5.74, 6) is 0. The van der Waals surface area contributed by atoms with Gasteiger partial charge >= 0.3 is 0 Å². The highest BCUT2D eigenvalue weighted by Crippen LogP contribution is 2.21. The molecule has 1 aliphatic rings. The number of hydrogen-bond acceptors (Lipinski definition) is 3. The van der Waals surface area contributed by atoms with Gasteiger partial charge in [0, 0.05) is 29.8 Å². The van der Waals surface area contributed by atoms with Gasteiger partial charge < -0.3 is 10.1 Å². The molecule has 1 fully saturated rings. The third-order valence-electron chi connectivity index (χ3n) is 3.85. The van der Waals surface area contributed by atoms with Crippen LogP contribution in [0.1, 0.15) is 24.6 Å². The molecule has 1 aromatic heterocycles. The fourth-order valence-electron chi connectivity index (χ4n) is 2.66. The van der Waals surface area contributed by atoms with Crippen molar-refractivity contribution in [1.82, 2.24) is 10.3 Å². The second-order valence-corrected chi connectivity index (χ2v) is 5.66. The van der Waals surface area contributed by atoms with Crippen LogP contribution in [0.3, 0.4) is 0 Å². The first-order valence-corrected chi connectivity index (χ1v) is 6.84. The summed E-state index contributed by atoms with van der Waals surface area (Å²) in [4.78, 5) is 4.58. The van der Waals surface area contributed by atoms with Crippen molar-refractivity contribution in [3.05, 3.63) is 41.6 Å². The number of benzene rings is 1. The number of fused-ring (bicyclic) bond motifs is 1. The number of pyridine rings is 1. The zero-order valence-corrected chi connectivity index (χ0v) is 11.6. The van der Waals surface area contributed by atoms with E-state index in [9.17, 15) is 0 Å². The lowest BCUT2D eigenvalue weighted by Gasteiger charge is -2.24. The molecule has 2 aromatic rings. The van der Waals surface area contributed by atoms with Gasteiger partial charge in [0.25, 0.3) is 0 Å². The SMILES string of the molecule is Cc1cc(CNC2(C)CCOC2)c2ccccc2n1. The summed E-state index contributed by atoms with van der Waals surface area (Å²) in [6.45, 7) is 6.81. The third kappa shape index (κ3) is 2.62. The number of rotatable bonds is 3. The predicted molar refractivity (Wildman–Crippen MR) is 77.2 cm³/mol. The minimum Gasteiger partial charge on any atom is -0.379 e. The van der Waals surface area contributed by atoms with E-state index in [1.807, 2.05) is 6.07 Å². The zero-order valence-electron chi connectivity index (χ0n) is 11.6. The first kappa shape index (κ1) is 12.6. The van der Waals surface area contributed by atoms with Gasteiger partial charge in [-0.1, -0.05) is 18.2 Å². The van der Waals surface area contributed by atoms with E-state index in [1.165, 1.54) is 10.9 Å². The molecular formula is C16H20N2O. The molecule has 0 saturated carbocycles. The van der Waals surface area contributed by atoms with Gasteiger partial charge in [-0.05, 0) is 38.0 Å². The third-order valence-corrected chi connectivity index (χ3v) is 3.85. The highest BCUT2D eigenvalue weighted by molar-refractivity contribution is 5.82. The molecule has 1 N–H and O–H groups in total. The van der Waals surface area contributed by atoms with Gasteiger partial charge in [0.1, 0.15) is 0 Å². The molecule has 0 amide bonds. The molecule has 3 nitrogen and oxygen atoms in total. The van der Waals surface area contributed by atoms with Crippen LogP contribution in [-0.4, -0.2) is 23.7 Å². The van der Waals surface area contributed by atoms with E-state index in [1.54, 1.807) is 0 Å². The summed E-state index contributed by atoms with van der Waals surface area (Å²) >= 11 is 0. The van der Waals surface area contributed by atoms with Crippen LogP contribution in [0.25, 0.3) is 10.9 Å². The number of nitrogens with zero attached hydrogens (tertiary/aromatic N) is 1. The molecule has 1 atom stereocenters. The van der Waals surface area contributed by atoms with Crippen LogP contribution in [0.4, 0.5) is 0 Å². The Hall–Kier alpha value is -1.45. The number of aromatic nitrogens is 1. The molecule has 1 aromatic carbocycles. The molecule has 3 heteroatoms. The Bertz CT molecular complexity index is 588. The van der Waals surface area contributed by atoms with Crippen molar-refractivity contribution < 1.29 is 4.74 Å². The van der Waals surface area contributed by atoms with Gasteiger partial charge in [-0.25, -0.2) is 0 Å². The van der Waals surface area contributed by atoms with Crippen molar-refractivity contribution in [2.24, 2.45) is 0 Å². The molecule has 3 rings (SSSR count). The molecular weight excluding hydrogens is 236 g/mol. The number of aryl methyl sites for hydroxylation is 1. The number of para-hydroxylation sites is 1. The lowest BCUT2D eigenvalue weighted by molar-refractivity contribution is 0.171. The molecule has 1 unspecified atom stereocenters. The van der Waals surface area contributed by atoms with E-state index in [0.717, 1.165) is 37.4 Å². The van der Waals surface area contributed by atoms with Crippen molar-refractivity contribution >= 4 is 10.9 Å². The van der Waals surface area contributed by atoms with E-state index >= 15 is 0 Å². The molecule has 0 bridgehead atoms. The standard InChI is InChI=1S/C16H20N2O/c1-12-9-13(10-17-16(2)7-8-19-11-16)14-5-3-4-6-15(14)18-12/h3-6,9,17H,7-8,10-11H2,1-2H3. The minimum atomic E-state index is 0.109. The fraction of sp³-hybridized carbons (Fsp3) is 0.438. The van der Waals surface area contributed by atoms with Crippen molar-refractivity contribution in [2.45, 2.75) is 32.4 Å². The molecule has 2 heterocycles. The Morgan fingerprint density at radius 2 is 2.21 bits per heavy atom. The summed E-state index contributed by atoms with van der Waals surface area (Å²) < 4.78 is 5.48. The second kappa shape index (κ2) is 4.91. The molecule has 0 radical (unpaired) electrons. The average Bonchev–Trinajstić information content (AvgIpc) is 2.83. The Morgan fingerprint density at radius 1 is 1.37 bits per heavy atom. The molecule has 100 valence electrons. The summed E-state index contributed by atoms with van der Waals surface area (Å²) in [5, 5.41) is 4.88. The quantitative estimate of drug-likeness (QED) is 0.917. The van der Waals surface area contributed by atoms with Crippen LogP contribution in [0.5, 0.6) is 0 Å². The second-order valence-electron chi connectivity index (χ2n) is 5.66. The van der Waals surface area contributed by atoms with E-state index in [2.05, 4.69) is 48.4 Å². The van der Waals surface area contributed by atoms with Crippen LogP contribution in [0, 0.1) is 6.92 Å². The minimum absolute atomic E-state index is 0.109. The predicted octanol–water partition coefficient (Wildman–Crippen LogP) is 2.81. The van der Waals surface area contributed by atoms with Crippen molar-refractivity contribution in [3.8, 4) is 0 Å². The Balaban J connectivity index is 1.87. The van der Waals surface area contributed by atoms with Crippen LogP contribution in [-0.2, 0) is 11.3 Å². The highest BCUT2D eigenvalue weighted by Gasteiger charge is 2.28. The highest BCUT2D eigenvalue weighted by atomic mass is 16.5. The maximum atomic E-state index is 5.48. The van der Waals surface area contributed by atoms with Crippen LogP contribution < -0.4 is 5.32 Å². The maximum absolute atomic E-state index is 5.48. The summed E-state index contributed by atoms with van der Waals surface area (Å²) in [5.41, 5.74) is 3.57.